The fourth-order valence-corrected chi connectivity index (χ4v) is 3.00. The number of nitrogens with zero attached hydrogens (tertiary/aromatic N) is 1. The predicted octanol–water partition coefficient (Wildman–Crippen LogP) is 4.16. The van der Waals surface area contributed by atoms with Crippen molar-refractivity contribution in [2.24, 2.45) is 0 Å². The van der Waals surface area contributed by atoms with Crippen molar-refractivity contribution in [1.82, 2.24) is 0 Å². The highest BCUT2D eigenvalue weighted by Crippen LogP contribution is 2.36. The molecule has 3 aromatic rings. The second-order valence-corrected chi connectivity index (χ2v) is 5.69. The number of para-hydroxylation sites is 2. The summed E-state index contributed by atoms with van der Waals surface area (Å²) in [6, 6.07) is 24.0. The van der Waals surface area contributed by atoms with Crippen LogP contribution in [0.5, 0.6) is 5.75 Å². The number of amides is 1. The molecule has 4 rings (SSSR count). The van der Waals surface area contributed by atoms with E-state index in [4.69, 9.17) is 0 Å². The van der Waals surface area contributed by atoms with Crippen LogP contribution in [0.3, 0.4) is 0 Å². The Kier molecular flexibility index (Phi) is 3.43. The lowest BCUT2D eigenvalue weighted by Gasteiger charge is -2.38. The number of nitrogens with one attached hydrogen (secondary N) is 1. The van der Waals surface area contributed by atoms with Gasteiger partial charge < -0.3 is 10.4 Å². The van der Waals surface area contributed by atoms with Gasteiger partial charge in [-0.1, -0.05) is 42.5 Å². The number of hydrogen-bond donors (Lipinski definition) is 2. The van der Waals surface area contributed by atoms with E-state index in [1.165, 1.54) is 0 Å². The minimum absolute atomic E-state index is 0.0476. The number of carbonyl (C=O) groups excluding carboxylic acids is 1. The Balaban J connectivity index is 1.86. The molecule has 0 aromatic heterocycles. The molecule has 0 fully saturated rings. The fraction of sp³-hybridized carbons (Fsp3) is 0.0500. The Hall–Kier alpha value is -3.27. The molecule has 3 aromatic carbocycles. The first-order valence-corrected chi connectivity index (χ1v) is 7.77. The summed E-state index contributed by atoms with van der Waals surface area (Å²) < 4.78 is 0. The van der Waals surface area contributed by atoms with Crippen LogP contribution in [0.15, 0.2) is 78.9 Å². The number of phenolic OH excluding ortho intramolecular Hbond substituents is 1. The van der Waals surface area contributed by atoms with E-state index in [9.17, 15) is 9.90 Å². The van der Waals surface area contributed by atoms with Crippen LogP contribution in [-0.2, 0) is 0 Å². The number of phenols is 1. The highest BCUT2D eigenvalue weighted by molar-refractivity contribution is 6.12. The highest BCUT2D eigenvalue weighted by atomic mass is 16.3. The van der Waals surface area contributed by atoms with E-state index in [0.717, 1.165) is 16.9 Å². The molecule has 4 heteroatoms. The van der Waals surface area contributed by atoms with Crippen molar-refractivity contribution in [3.05, 3.63) is 90.0 Å². The van der Waals surface area contributed by atoms with Crippen LogP contribution in [-0.4, -0.2) is 11.0 Å². The maximum absolute atomic E-state index is 13.1. The van der Waals surface area contributed by atoms with Crippen LogP contribution in [0, 0.1) is 0 Å². The lowest BCUT2D eigenvalue weighted by atomic mass is 10.0. The van der Waals surface area contributed by atoms with Crippen LogP contribution in [0.25, 0.3) is 0 Å². The molecule has 4 nitrogen and oxygen atoms in total. The summed E-state index contributed by atoms with van der Waals surface area (Å²) in [5.41, 5.74) is 3.19. The molecule has 0 saturated carbocycles. The number of hydrogen-bond acceptors (Lipinski definition) is 3. The average Bonchev–Trinajstić information content (AvgIpc) is 2.63. The normalized spacial score (nSPS) is 16.4. The molecule has 24 heavy (non-hydrogen) atoms. The standard InChI is InChI=1S/C20H16N2O2/c23-16-12-10-14(11-13-16)19-21-18-9-5-4-8-17(18)20(24)22(19)15-6-2-1-3-7-15/h1-13,19,21,23H/t19-/m1/s1. The Morgan fingerprint density at radius 3 is 2.25 bits per heavy atom. The van der Waals surface area contributed by atoms with Gasteiger partial charge in [0.25, 0.3) is 5.91 Å². The maximum atomic E-state index is 13.1. The van der Waals surface area contributed by atoms with Crippen molar-refractivity contribution >= 4 is 17.3 Å². The van der Waals surface area contributed by atoms with Gasteiger partial charge >= 0.3 is 0 Å². The van der Waals surface area contributed by atoms with Crippen LogP contribution in [0.4, 0.5) is 11.4 Å². The Bertz CT molecular complexity index is 876. The Morgan fingerprint density at radius 2 is 1.50 bits per heavy atom. The molecule has 1 aliphatic rings. The number of carbonyl (C=O) groups is 1. The van der Waals surface area contributed by atoms with Gasteiger partial charge in [-0.3, -0.25) is 9.69 Å². The quantitative estimate of drug-likeness (QED) is 0.746. The van der Waals surface area contributed by atoms with E-state index in [0.29, 0.717) is 5.56 Å². The number of rotatable bonds is 2. The van der Waals surface area contributed by atoms with Gasteiger partial charge in [-0.2, -0.15) is 0 Å². The van der Waals surface area contributed by atoms with Gasteiger partial charge in [0.2, 0.25) is 0 Å². The van der Waals surface area contributed by atoms with Crippen LogP contribution < -0.4 is 10.2 Å². The summed E-state index contributed by atoms with van der Waals surface area (Å²) in [4.78, 5) is 14.8. The third-order valence-electron chi connectivity index (χ3n) is 4.17. The summed E-state index contributed by atoms with van der Waals surface area (Å²) in [6.45, 7) is 0. The zero-order valence-corrected chi connectivity index (χ0v) is 12.9. The molecule has 0 bridgehead atoms. The summed E-state index contributed by atoms with van der Waals surface area (Å²) in [5.74, 6) is 0.154. The predicted molar refractivity (Wildman–Crippen MR) is 94.2 cm³/mol. The molecular weight excluding hydrogens is 300 g/mol. The Morgan fingerprint density at radius 1 is 0.833 bits per heavy atom. The average molecular weight is 316 g/mol. The molecule has 0 unspecified atom stereocenters. The summed E-state index contributed by atoms with van der Waals surface area (Å²) in [6.07, 6.45) is -0.338. The zero-order chi connectivity index (χ0) is 16.5. The lowest BCUT2D eigenvalue weighted by molar-refractivity contribution is 0.0975. The monoisotopic (exact) mass is 316 g/mol. The van der Waals surface area contributed by atoms with Gasteiger partial charge in [-0.05, 0) is 42.0 Å². The number of aromatic hydroxyl groups is 1. The van der Waals surface area contributed by atoms with Gasteiger partial charge in [0, 0.05) is 11.4 Å². The second-order valence-electron chi connectivity index (χ2n) is 5.69. The summed E-state index contributed by atoms with van der Waals surface area (Å²) in [7, 11) is 0. The van der Waals surface area contributed by atoms with Crippen molar-refractivity contribution in [1.29, 1.82) is 0 Å². The third-order valence-corrected chi connectivity index (χ3v) is 4.17. The summed E-state index contributed by atoms with van der Waals surface area (Å²) in [5, 5.41) is 13.0. The van der Waals surface area contributed by atoms with E-state index in [1.807, 2.05) is 66.7 Å². The van der Waals surface area contributed by atoms with Crippen molar-refractivity contribution < 1.29 is 9.90 Å². The first kappa shape index (κ1) is 14.3. The van der Waals surface area contributed by atoms with E-state index in [2.05, 4.69) is 5.32 Å². The molecule has 1 heterocycles. The Labute approximate surface area is 140 Å². The van der Waals surface area contributed by atoms with E-state index in [1.54, 1.807) is 17.0 Å². The van der Waals surface area contributed by atoms with Gasteiger partial charge in [-0.25, -0.2) is 0 Å². The van der Waals surface area contributed by atoms with Gasteiger partial charge in [0.1, 0.15) is 11.9 Å². The topological polar surface area (TPSA) is 52.6 Å². The minimum Gasteiger partial charge on any atom is -0.508 e. The van der Waals surface area contributed by atoms with Crippen LogP contribution >= 0.6 is 0 Å². The van der Waals surface area contributed by atoms with Crippen molar-refractivity contribution in [2.75, 3.05) is 10.2 Å². The molecule has 1 aliphatic heterocycles. The molecular formula is C20H16N2O2. The number of benzene rings is 3. The lowest BCUT2D eigenvalue weighted by Crippen LogP contribution is -2.43. The van der Waals surface area contributed by atoms with Crippen molar-refractivity contribution in [2.45, 2.75) is 6.17 Å². The van der Waals surface area contributed by atoms with E-state index >= 15 is 0 Å². The van der Waals surface area contributed by atoms with Crippen LogP contribution in [0.1, 0.15) is 22.1 Å². The number of anilines is 2. The molecule has 1 amide bonds. The third kappa shape index (κ3) is 2.38. The van der Waals surface area contributed by atoms with Crippen LogP contribution in [0.2, 0.25) is 0 Å². The molecule has 2 N–H and O–H groups in total. The molecule has 0 aliphatic carbocycles. The van der Waals surface area contributed by atoms with Gasteiger partial charge in [0.15, 0.2) is 0 Å². The first-order valence-electron chi connectivity index (χ1n) is 7.77. The SMILES string of the molecule is O=C1c2ccccc2N[C@@H](c2ccc(O)cc2)N1c1ccccc1. The maximum Gasteiger partial charge on any atom is 0.262 e. The molecule has 118 valence electrons. The molecule has 0 saturated heterocycles. The first-order chi connectivity index (χ1) is 11.7. The molecule has 0 spiro atoms. The summed E-state index contributed by atoms with van der Waals surface area (Å²) >= 11 is 0. The zero-order valence-electron chi connectivity index (χ0n) is 12.9. The van der Waals surface area contributed by atoms with E-state index < -0.39 is 0 Å². The molecule has 1 atom stereocenters. The smallest absolute Gasteiger partial charge is 0.262 e. The van der Waals surface area contributed by atoms with Gasteiger partial charge in [0.05, 0.1) is 5.56 Å². The largest absolute Gasteiger partial charge is 0.508 e. The van der Waals surface area contributed by atoms with Crippen molar-refractivity contribution in [3.8, 4) is 5.75 Å². The van der Waals surface area contributed by atoms with Crippen molar-refractivity contribution in [3.63, 3.8) is 0 Å². The number of fused-ring (bicyclic) bond motifs is 1. The minimum atomic E-state index is -0.338. The van der Waals surface area contributed by atoms with Gasteiger partial charge in [-0.15, -0.1) is 0 Å². The van der Waals surface area contributed by atoms with E-state index in [-0.39, 0.29) is 17.8 Å². The molecule has 0 radical (unpaired) electrons. The fourth-order valence-electron chi connectivity index (χ4n) is 3.00. The second kappa shape index (κ2) is 5.74. The highest BCUT2D eigenvalue weighted by Gasteiger charge is 2.33.